The number of rotatable bonds is 2. The Morgan fingerprint density at radius 1 is 1.16 bits per heavy atom. The first kappa shape index (κ1) is 13.0. The lowest BCUT2D eigenvalue weighted by Crippen LogP contribution is -2.15. The molecule has 0 radical (unpaired) electrons. The fourth-order valence-corrected chi connectivity index (χ4v) is 1.66. The van der Waals surface area contributed by atoms with Crippen LogP contribution in [-0.2, 0) is 0 Å². The van der Waals surface area contributed by atoms with E-state index in [9.17, 15) is 13.6 Å². The van der Waals surface area contributed by atoms with E-state index in [2.05, 4.69) is 5.32 Å². The van der Waals surface area contributed by atoms with Crippen molar-refractivity contribution in [1.29, 1.82) is 0 Å². The van der Waals surface area contributed by atoms with Gasteiger partial charge in [0, 0.05) is 6.07 Å². The number of carbonyl (C=O) groups is 1. The first-order valence-electron chi connectivity index (χ1n) is 5.54. The second kappa shape index (κ2) is 5.06. The molecule has 3 nitrogen and oxygen atoms in total. The summed E-state index contributed by atoms with van der Waals surface area (Å²) in [5.74, 6) is -2.51. The number of hydrogen-bond acceptors (Lipinski definition) is 2. The summed E-state index contributed by atoms with van der Waals surface area (Å²) in [5, 5.41) is 11.4. The number of amides is 1. The van der Waals surface area contributed by atoms with Crippen LogP contribution in [0.15, 0.2) is 36.4 Å². The molecule has 0 saturated carbocycles. The molecule has 19 heavy (non-hydrogen) atoms. The lowest BCUT2D eigenvalue weighted by atomic mass is 10.1. The van der Waals surface area contributed by atoms with Gasteiger partial charge in [0.25, 0.3) is 5.91 Å². The highest BCUT2D eigenvalue weighted by atomic mass is 19.1. The lowest BCUT2D eigenvalue weighted by molar-refractivity contribution is 0.102. The number of anilines is 1. The van der Waals surface area contributed by atoms with Gasteiger partial charge in [0.15, 0.2) is 0 Å². The van der Waals surface area contributed by atoms with E-state index in [0.29, 0.717) is 5.56 Å². The number of carbonyl (C=O) groups excluding carboxylic acids is 1. The van der Waals surface area contributed by atoms with Crippen molar-refractivity contribution >= 4 is 11.6 Å². The summed E-state index contributed by atoms with van der Waals surface area (Å²) in [6, 6.07) is 7.49. The van der Waals surface area contributed by atoms with E-state index in [1.807, 2.05) is 0 Å². The van der Waals surface area contributed by atoms with Gasteiger partial charge in [-0.3, -0.25) is 4.79 Å². The van der Waals surface area contributed by atoms with E-state index >= 15 is 0 Å². The number of hydrogen-bond donors (Lipinski definition) is 2. The van der Waals surface area contributed by atoms with E-state index in [1.54, 1.807) is 13.0 Å². The van der Waals surface area contributed by atoms with Crippen molar-refractivity contribution in [1.82, 2.24) is 0 Å². The maximum Gasteiger partial charge on any atom is 0.258 e. The van der Waals surface area contributed by atoms with Crippen molar-refractivity contribution in [3.05, 3.63) is 59.2 Å². The number of benzene rings is 2. The van der Waals surface area contributed by atoms with Gasteiger partial charge in [0.2, 0.25) is 0 Å². The molecule has 0 aliphatic heterocycles. The number of phenols is 1. The molecule has 2 aromatic rings. The molecule has 98 valence electrons. The van der Waals surface area contributed by atoms with Gasteiger partial charge in [0.1, 0.15) is 17.4 Å². The molecule has 1 amide bonds. The number of phenolic OH excluding ortho intramolecular Hbond substituents is 1. The molecule has 0 aliphatic carbocycles. The summed E-state index contributed by atoms with van der Waals surface area (Å²) < 4.78 is 27.0. The Morgan fingerprint density at radius 2 is 1.89 bits per heavy atom. The second-order valence-electron chi connectivity index (χ2n) is 4.05. The van der Waals surface area contributed by atoms with Gasteiger partial charge in [0.05, 0.1) is 11.3 Å². The van der Waals surface area contributed by atoms with Crippen molar-refractivity contribution in [2.45, 2.75) is 6.92 Å². The highest BCUT2D eigenvalue weighted by molar-refractivity contribution is 6.05. The first-order valence-corrected chi connectivity index (χ1v) is 5.54. The summed E-state index contributed by atoms with van der Waals surface area (Å²) >= 11 is 0. The number of aromatic hydroxyl groups is 1. The number of nitrogens with one attached hydrogen (secondary N) is 1. The molecule has 2 rings (SSSR count). The predicted molar refractivity (Wildman–Crippen MR) is 67.2 cm³/mol. The minimum absolute atomic E-state index is 0.0139. The first-order chi connectivity index (χ1) is 8.99. The molecule has 0 atom stereocenters. The van der Waals surface area contributed by atoms with Crippen molar-refractivity contribution in [3.63, 3.8) is 0 Å². The standard InChI is InChI=1S/C14H11F2NO2/c1-8-3-2-4-11(15)13(8)17-14(19)10-6-5-9(18)7-12(10)16/h2-7,18H,1H3,(H,17,19). The lowest BCUT2D eigenvalue weighted by Gasteiger charge is -2.10. The van der Waals surface area contributed by atoms with Crippen LogP contribution >= 0.6 is 0 Å². The Morgan fingerprint density at radius 3 is 2.53 bits per heavy atom. The van der Waals surface area contributed by atoms with Gasteiger partial charge in [-0.2, -0.15) is 0 Å². The molecule has 0 heterocycles. The Balaban J connectivity index is 2.31. The van der Waals surface area contributed by atoms with Crippen LogP contribution in [0, 0.1) is 18.6 Å². The van der Waals surface area contributed by atoms with Crippen LogP contribution in [0.5, 0.6) is 5.75 Å². The molecule has 5 heteroatoms. The third kappa shape index (κ3) is 2.70. The van der Waals surface area contributed by atoms with Crippen LogP contribution in [0.1, 0.15) is 15.9 Å². The van der Waals surface area contributed by atoms with E-state index in [1.165, 1.54) is 18.2 Å². The maximum atomic E-state index is 13.5. The van der Waals surface area contributed by atoms with Crippen LogP contribution < -0.4 is 5.32 Å². The molecule has 0 fully saturated rings. The number of halogens is 2. The molecule has 0 aliphatic rings. The van der Waals surface area contributed by atoms with E-state index in [0.717, 1.165) is 12.1 Å². The average Bonchev–Trinajstić information content (AvgIpc) is 2.33. The second-order valence-corrected chi connectivity index (χ2v) is 4.05. The van der Waals surface area contributed by atoms with Crippen LogP contribution in [0.2, 0.25) is 0 Å². The van der Waals surface area contributed by atoms with Crippen molar-refractivity contribution in [2.75, 3.05) is 5.32 Å². The molecule has 2 N–H and O–H groups in total. The summed E-state index contributed by atoms with van der Waals surface area (Å²) in [6.07, 6.45) is 0. The largest absolute Gasteiger partial charge is 0.508 e. The van der Waals surface area contributed by atoms with Gasteiger partial charge >= 0.3 is 0 Å². The fourth-order valence-electron chi connectivity index (χ4n) is 1.66. The fraction of sp³-hybridized carbons (Fsp3) is 0.0714. The monoisotopic (exact) mass is 263 g/mol. The highest BCUT2D eigenvalue weighted by Gasteiger charge is 2.15. The van der Waals surface area contributed by atoms with Gasteiger partial charge < -0.3 is 10.4 Å². The molecule has 2 aromatic carbocycles. The van der Waals surface area contributed by atoms with Crippen LogP contribution in [-0.4, -0.2) is 11.0 Å². The topological polar surface area (TPSA) is 49.3 Å². The SMILES string of the molecule is Cc1cccc(F)c1NC(=O)c1ccc(O)cc1F. The van der Waals surface area contributed by atoms with E-state index < -0.39 is 17.5 Å². The summed E-state index contributed by atoms with van der Waals surface area (Å²) in [5.41, 5.74) is 0.285. The summed E-state index contributed by atoms with van der Waals surface area (Å²) in [7, 11) is 0. The third-order valence-electron chi connectivity index (χ3n) is 2.66. The number of para-hydroxylation sites is 1. The molecule has 0 aromatic heterocycles. The van der Waals surface area contributed by atoms with Crippen molar-refractivity contribution in [2.24, 2.45) is 0 Å². The Labute approximate surface area is 108 Å². The average molecular weight is 263 g/mol. The summed E-state index contributed by atoms with van der Waals surface area (Å²) in [6.45, 7) is 1.63. The molecular formula is C14H11F2NO2. The Hall–Kier alpha value is -2.43. The zero-order valence-corrected chi connectivity index (χ0v) is 10.1. The Bertz CT molecular complexity index is 621. The molecule has 0 unspecified atom stereocenters. The minimum atomic E-state index is -0.869. The van der Waals surface area contributed by atoms with E-state index in [4.69, 9.17) is 5.11 Å². The molecule has 0 bridgehead atoms. The van der Waals surface area contributed by atoms with Gasteiger partial charge in [-0.1, -0.05) is 12.1 Å². The summed E-state index contributed by atoms with van der Waals surface area (Å²) in [4.78, 5) is 11.9. The van der Waals surface area contributed by atoms with Gasteiger partial charge in [-0.25, -0.2) is 8.78 Å². The minimum Gasteiger partial charge on any atom is -0.508 e. The smallest absolute Gasteiger partial charge is 0.258 e. The molecule has 0 spiro atoms. The zero-order valence-electron chi connectivity index (χ0n) is 10.1. The van der Waals surface area contributed by atoms with Crippen LogP contribution in [0.4, 0.5) is 14.5 Å². The Kier molecular flexibility index (Phi) is 3.46. The van der Waals surface area contributed by atoms with Gasteiger partial charge in [-0.15, -0.1) is 0 Å². The van der Waals surface area contributed by atoms with Crippen molar-refractivity contribution in [3.8, 4) is 5.75 Å². The zero-order chi connectivity index (χ0) is 14.0. The maximum absolute atomic E-state index is 13.5. The molecular weight excluding hydrogens is 252 g/mol. The van der Waals surface area contributed by atoms with Crippen LogP contribution in [0.25, 0.3) is 0 Å². The highest BCUT2D eigenvalue weighted by Crippen LogP contribution is 2.21. The normalized spacial score (nSPS) is 10.3. The van der Waals surface area contributed by atoms with Crippen LogP contribution in [0.3, 0.4) is 0 Å². The molecule has 0 saturated heterocycles. The number of aryl methyl sites for hydroxylation is 1. The predicted octanol–water partition coefficient (Wildman–Crippen LogP) is 3.23. The van der Waals surface area contributed by atoms with Crippen molar-refractivity contribution < 1.29 is 18.7 Å². The quantitative estimate of drug-likeness (QED) is 0.873. The van der Waals surface area contributed by atoms with Gasteiger partial charge in [-0.05, 0) is 30.7 Å². The van der Waals surface area contributed by atoms with E-state index in [-0.39, 0.29) is 17.0 Å². The third-order valence-corrected chi connectivity index (χ3v) is 2.66.